The molecule has 0 aliphatic carbocycles. The summed E-state index contributed by atoms with van der Waals surface area (Å²) in [6, 6.07) is 18.8. The predicted molar refractivity (Wildman–Crippen MR) is 142 cm³/mol. The van der Waals surface area contributed by atoms with Crippen molar-refractivity contribution in [3.05, 3.63) is 111 Å². The molecule has 9 nitrogen and oxygen atoms in total. The van der Waals surface area contributed by atoms with Gasteiger partial charge in [0.05, 0.1) is 21.5 Å². The lowest BCUT2D eigenvalue weighted by atomic mass is 10.0. The number of carbonyl (C=O) groups excluding carboxylic acids is 2. The molecule has 5 aromatic rings. The van der Waals surface area contributed by atoms with Gasteiger partial charge in [-0.15, -0.1) is 0 Å². The van der Waals surface area contributed by atoms with Gasteiger partial charge in [-0.1, -0.05) is 42.5 Å². The monoisotopic (exact) mass is 495 g/mol. The SMILES string of the molecule is NCCc1cn(C(=O)c2cccc([N+](=O)[O-])c2C(=O)n2cc(CCN)c3ccccc32)c2ccccc12. The number of nitrogens with two attached hydrogens (primary N) is 2. The van der Waals surface area contributed by atoms with Crippen molar-refractivity contribution in [2.45, 2.75) is 12.8 Å². The lowest BCUT2D eigenvalue weighted by Crippen LogP contribution is -2.21. The minimum Gasteiger partial charge on any atom is -0.330 e. The van der Waals surface area contributed by atoms with Gasteiger partial charge in [-0.05, 0) is 55.3 Å². The summed E-state index contributed by atoms with van der Waals surface area (Å²) in [7, 11) is 0. The van der Waals surface area contributed by atoms with Crippen LogP contribution in [0.3, 0.4) is 0 Å². The number of para-hydroxylation sites is 2. The Morgan fingerprint density at radius 2 is 1.24 bits per heavy atom. The number of carbonyl (C=O) groups is 2. The Balaban J connectivity index is 1.72. The average molecular weight is 496 g/mol. The molecular weight excluding hydrogens is 470 g/mol. The number of nitrogens with zero attached hydrogens (tertiary/aromatic N) is 3. The van der Waals surface area contributed by atoms with Crippen LogP contribution in [0.15, 0.2) is 79.1 Å². The lowest BCUT2D eigenvalue weighted by molar-refractivity contribution is -0.385. The summed E-state index contributed by atoms with van der Waals surface area (Å²) in [5.41, 5.74) is 13.7. The lowest BCUT2D eigenvalue weighted by Gasteiger charge is -2.11. The normalized spacial score (nSPS) is 11.3. The van der Waals surface area contributed by atoms with Crippen LogP contribution in [-0.4, -0.2) is 39.0 Å². The fourth-order valence-electron chi connectivity index (χ4n) is 4.89. The van der Waals surface area contributed by atoms with Gasteiger partial charge in [0, 0.05) is 29.2 Å². The molecule has 3 aromatic carbocycles. The number of aromatic nitrogens is 2. The van der Waals surface area contributed by atoms with Gasteiger partial charge in [-0.25, -0.2) is 0 Å². The molecule has 2 heterocycles. The van der Waals surface area contributed by atoms with Gasteiger partial charge >= 0.3 is 0 Å². The van der Waals surface area contributed by atoms with Gasteiger partial charge in [0.2, 0.25) is 0 Å². The van der Waals surface area contributed by atoms with Crippen molar-refractivity contribution in [3.63, 3.8) is 0 Å². The maximum Gasteiger partial charge on any atom is 0.282 e. The second-order valence-corrected chi connectivity index (χ2v) is 8.73. The zero-order chi connectivity index (χ0) is 26.1. The number of hydrogen-bond acceptors (Lipinski definition) is 6. The van der Waals surface area contributed by atoms with Gasteiger partial charge in [0.25, 0.3) is 17.5 Å². The molecular formula is C28H25N5O4. The van der Waals surface area contributed by atoms with E-state index in [-0.39, 0.29) is 11.1 Å². The quantitative estimate of drug-likeness (QED) is 0.259. The summed E-state index contributed by atoms with van der Waals surface area (Å²) in [6.07, 6.45) is 4.43. The number of benzene rings is 3. The first kappa shape index (κ1) is 24.1. The highest BCUT2D eigenvalue weighted by atomic mass is 16.6. The number of nitro groups is 1. The zero-order valence-electron chi connectivity index (χ0n) is 20.0. The molecule has 0 saturated heterocycles. The molecule has 37 heavy (non-hydrogen) atoms. The Kier molecular flexibility index (Phi) is 6.39. The third-order valence-corrected chi connectivity index (χ3v) is 6.54. The van der Waals surface area contributed by atoms with Gasteiger partial charge < -0.3 is 11.5 Å². The Hall–Kier alpha value is -4.60. The maximum absolute atomic E-state index is 14.0. The second kappa shape index (κ2) is 9.81. The van der Waals surface area contributed by atoms with Gasteiger partial charge in [-0.3, -0.25) is 28.8 Å². The van der Waals surface area contributed by atoms with Crippen LogP contribution in [0.2, 0.25) is 0 Å². The van der Waals surface area contributed by atoms with E-state index in [0.29, 0.717) is 37.0 Å². The molecule has 2 aromatic heterocycles. The molecule has 0 amide bonds. The minimum atomic E-state index is -0.659. The summed E-state index contributed by atoms with van der Waals surface area (Å²) in [5, 5.41) is 13.7. The van der Waals surface area contributed by atoms with Crippen molar-refractivity contribution in [1.29, 1.82) is 0 Å². The Bertz CT molecular complexity index is 1680. The summed E-state index contributed by atoms with van der Waals surface area (Å²) in [6.45, 7) is 0.776. The summed E-state index contributed by atoms with van der Waals surface area (Å²) in [4.78, 5) is 39.3. The first-order chi connectivity index (χ1) is 18.0. The molecule has 0 radical (unpaired) electrons. The Labute approximate surface area is 212 Å². The number of fused-ring (bicyclic) bond motifs is 2. The molecule has 0 aliphatic heterocycles. The van der Waals surface area contributed by atoms with Crippen LogP contribution in [0.25, 0.3) is 21.8 Å². The van der Waals surface area contributed by atoms with Gasteiger partial charge in [-0.2, -0.15) is 0 Å². The second-order valence-electron chi connectivity index (χ2n) is 8.73. The standard InChI is InChI=1S/C28H25N5O4/c29-14-12-18-16-31(23-9-3-1-6-20(18)23)27(34)22-8-5-11-25(33(36)37)26(22)28(35)32-17-19(13-15-30)21-7-2-4-10-24(21)32/h1-11,16-17H,12-15,29-30H2. The van der Waals surface area contributed by atoms with E-state index in [9.17, 15) is 19.7 Å². The van der Waals surface area contributed by atoms with Crippen molar-refractivity contribution in [2.24, 2.45) is 11.5 Å². The third-order valence-electron chi connectivity index (χ3n) is 6.54. The van der Waals surface area contributed by atoms with E-state index in [1.165, 1.54) is 27.3 Å². The van der Waals surface area contributed by atoms with E-state index in [4.69, 9.17) is 11.5 Å². The molecule has 5 rings (SSSR count). The van der Waals surface area contributed by atoms with E-state index in [2.05, 4.69) is 0 Å². The zero-order valence-corrected chi connectivity index (χ0v) is 20.0. The van der Waals surface area contributed by atoms with Crippen LogP contribution in [0.4, 0.5) is 5.69 Å². The van der Waals surface area contributed by atoms with Crippen molar-refractivity contribution in [3.8, 4) is 0 Å². The van der Waals surface area contributed by atoms with Crippen LogP contribution in [0.5, 0.6) is 0 Å². The van der Waals surface area contributed by atoms with E-state index in [0.717, 1.165) is 21.9 Å². The minimum absolute atomic E-state index is 0.0580. The summed E-state index contributed by atoms with van der Waals surface area (Å²) in [5.74, 6) is -1.20. The van der Waals surface area contributed by atoms with E-state index >= 15 is 0 Å². The van der Waals surface area contributed by atoms with Crippen molar-refractivity contribution in [1.82, 2.24) is 9.13 Å². The van der Waals surface area contributed by atoms with Crippen molar-refractivity contribution in [2.75, 3.05) is 13.1 Å². The molecule has 0 aliphatic rings. The highest BCUT2D eigenvalue weighted by Crippen LogP contribution is 2.30. The average Bonchev–Trinajstić information content (AvgIpc) is 3.47. The van der Waals surface area contributed by atoms with Crippen LogP contribution in [0.1, 0.15) is 31.8 Å². The van der Waals surface area contributed by atoms with E-state index in [1.54, 1.807) is 30.6 Å². The van der Waals surface area contributed by atoms with Crippen LogP contribution in [-0.2, 0) is 12.8 Å². The van der Waals surface area contributed by atoms with E-state index in [1.807, 2.05) is 30.3 Å². The Morgan fingerprint density at radius 3 is 1.76 bits per heavy atom. The molecule has 0 saturated carbocycles. The molecule has 0 bridgehead atoms. The van der Waals surface area contributed by atoms with Crippen molar-refractivity contribution < 1.29 is 14.5 Å². The highest BCUT2D eigenvalue weighted by Gasteiger charge is 2.30. The highest BCUT2D eigenvalue weighted by molar-refractivity contribution is 6.14. The van der Waals surface area contributed by atoms with Crippen LogP contribution >= 0.6 is 0 Å². The fraction of sp³-hybridized carbons (Fsp3) is 0.143. The first-order valence-electron chi connectivity index (χ1n) is 11.9. The first-order valence-corrected chi connectivity index (χ1v) is 11.9. The fourth-order valence-corrected chi connectivity index (χ4v) is 4.89. The summed E-state index contributed by atoms with van der Waals surface area (Å²) >= 11 is 0. The molecule has 0 unspecified atom stereocenters. The molecule has 186 valence electrons. The number of rotatable bonds is 7. The van der Waals surface area contributed by atoms with E-state index < -0.39 is 22.4 Å². The molecule has 0 fully saturated rings. The van der Waals surface area contributed by atoms with Crippen molar-refractivity contribution >= 4 is 39.3 Å². The molecule has 9 heteroatoms. The maximum atomic E-state index is 14.0. The molecule has 0 atom stereocenters. The third kappa shape index (κ3) is 4.10. The summed E-state index contributed by atoms with van der Waals surface area (Å²) < 4.78 is 2.80. The smallest absolute Gasteiger partial charge is 0.282 e. The number of hydrogen-bond donors (Lipinski definition) is 2. The van der Waals surface area contributed by atoms with Crippen LogP contribution in [0, 0.1) is 10.1 Å². The largest absolute Gasteiger partial charge is 0.330 e. The van der Waals surface area contributed by atoms with Crippen LogP contribution < -0.4 is 11.5 Å². The molecule has 0 spiro atoms. The topological polar surface area (TPSA) is 139 Å². The van der Waals surface area contributed by atoms with Gasteiger partial charge in [0.15, 0.2) is 0 Å². The number of nitro benzene ring substituents is 1. The molecule has 4 N–H and O–H groups in total. The predicted octanol–water partition coefficient (Wildman–Crippen LogP) is 3.88. The Morgan fingerprint density at radius 1 is 0.730 bits per heavy atom. The van der Waals surface area contributed by atoms with Gasteiger partial charge in [0.1, 0.15) is 5.56 Å².